The van der Waals surface area contributed by atoms with Crippen molar-refractivity contribution in [2.75, 3.05) is 5.32 Å². The Kier molecular flexibility index (Phi) is 2.93. The van der Waals surface area contributed by atoms with Gasteiger partial charge in [-0.3, -0.25) is 10.1 Å². The molecule has 0 aromatic carbocycles. The quantitative estimate of drug-likeness (QED) is 0.852. The van der Waals surface area contributed by atoms with Crippen LogP contribution < -0.4 is 5.32 Å². The van der Waals surface area contributed by atoms with Crippen LogP contribution >= 0.6 is 11.3 Å². The lowest BCUT2D eigenvalue weighted by atomic mass is 9.91. The average molecular weight is 251 g/mol. The SMILES string of the molecule is CC(C)(C)c1ncsc1C(=O)Nc1ncn[nH]1. The summed E-state index contributed by atoms with van der Waals surface area (Å²) in [4.78, 5) is 20.7. The molecular weight excluding hydrogens is 238 g/mol. The van der Waals surface area contributed by atoms with Crippen molar-refractivity contribution in [3.05, 3.63) is 22.4 Å². The van der Waals surface area contributed by atoms with Gasteiger partial charge in [0.15, 0.2) is 0 Å². The highest BCUT2D eigenvalue weighted by atomic mass is 32.1. The molecular formula is C10H13N5OS. The van der Waals surface area contributed by atoms with Gasteiger partial charge in [-0.15, -0.1) is 11.3 Å². The molecule has 0 aliphatic heterocycles. The van der Waals surface area contributed by atoms with Crippen LogP contribution in [0.5, 0.6) is 0 Å². The minimum atomic E-state index is -0.214. The Morgan fingerprint density at radius 1 is 1.41 bits per heavy atom. The first-order valence-electron chi connectivity index (χ1n) is 5.09. The number of hydrogen-bond donors (Lipinski definition) is 2. The van der Waals surface area contributed by atoms with E-state index in [4.69, 9.17) is 0 Å². The minimum absolute atomic E-state index is 0.159. The van der Waals surface area contributed by atoms with E-state index in [9.17, 15) is 4.79 Å². The van der Waals surface area contributed by atoms with E-state index in [1.54, 1.807) is 5.51 Å². The number of nitrogens with zero attached hydrogens (tertiary/aromatic N) is 3. The lowest BCUT2D eigenvalue weighted by Gasteiger charge is -2.16. The van der Waals surface area contributed by atoms with E-state index in [0.717, 1.165) is 5.69 Å². The monoisotopic (exact) mass is 251 g/mol. The standard InChI is InChI=1S/C10H13N5OS/c1-10(2,3)7-6(17-5-12-7)8(16)14-9-11-4-13-15-9/h4-5H,1-3H3,(H2,11,13,14,15,16). The number of nitrogens with one attached hydrogen (secondary N) is 2. The fraction of sp³-hybridized carbons (Fsp3) is 0.400. The van der Waals surface area contributed by atoms with E-state index in [1.165, 1.54) is 17.7 Å². The molecule has 2 aromatic heterocycles. The molecule has 0 bridgehead atoms. The molecule has 0 spiro atoms. The van der Waals surface area contributed by atoms with Gasteiger partial charge in [-0.1, -0.05) is 20.8 Å². The number of H-pyrrole nitrogens is 1. The summed E-state index contributed by atoms with van der Waals surface area (Å²) in [5, 5.41) is 8.88. The number of carbonyl (C=O) groups is 1. The summed E-state index contributed by atoms with van der Waals surface area (Å²) < 4.78 is 0. The van der Waals surface area contributed by atoms with E-state index < -0.39 is 0 Å². The van der Waals surface area contributed by atoms with Gasteiger partial charge in [-0.05, 0) is 0 Å². The summed E-state index contributed by atoms with van der Waals surface area (Å²) in [6, 6.07) is 0. The number of aromatic nitrogens is 4. The zero-order valence-corrected chi connectivity index (χ0v) is 10.6. The van der Waals surface area contributed by atoms with Gasteiger partial charge in [0.25, 0.3) is 5.91 Å². The van der Waals surface area contributed by atoms with Crippen molar-refractivity contribution in [2.24, 2.45) is 0 Å². The van der Waals surface area contributed by atoms with Gasteiger partial charge in [0, 0.05) is 5.41 Å². The first-order valence-corrected chi connectivity index (χ1v) is 5.97. The summed E-state index contributed by atoms with van der Waals surface area (Å²) in [6.07, 6.45) is 1.34. The third-order valence-corrected chi connectivity index (χ3v) is 2.96. The zero-order valence-electron chi connectivity index (χ0n) is 9.81. The van der Waals surface area contributed by atoms with Crippen molar-refractivity contribution in [2.45, 2.75) is 26.2 Å². The minimum Gasteiger partial charge on any atom is -0.290 e. The molecule has 0 radical (unpaired) electrons. The van der Waals surface area contributed by atoms with Crippen LogP contribution in [0.15, 0.2) is 11.8 Å². The van der Waals surface area contributed by atoms with Crippen molar-refractivity contribution in [3.63, 3.8) is 0 Å². The predicted octanol–water partition coefficient (Wildman–Crippen LogP) is 1.81. The molecule has 2 heterocycles. The number of thiazole rings is 1. The highest BCUT2D eigenvalue weighted by Crippen LogP contribution is 2.27. The van der Waals surface area contributed by atoms with Crippen molar-refractivity contribution in [1.82, 2.24) is 20.2 Å². The molecule has 2 aromatic rings. The Morgan fingerprint density at radius 2 is 2.18 bits per heavy atom. The molecule has 0 saturated heterocycles. The third kappa shape index (κ3) is 2.50. The largest absolute Gasteiger partial charge is 0.290 e. The lowest BCUT2D eigenvalue weighted by Crippen LogP contribution is -2.20. The van der Waals surface area contributed by atoms with Gasteiger partial charge in [-0.2, -0.15) is 10.1 Å². The fourth-order valence-corrected chi connectivity index (χ4v) is 2.26. The summed E-state index contributed by atoms with van der Waals surface area (Å²) in [5.74, 6) is 0.123. The highest BCUT2D eigenvalue weighted by molar-refractivity contribution is 7.12. The Hall–Kier alpha value is -1.76. The van der Waals surface area contributed by atoms with Crippen LogP contribution in [-0.4, -0.2) is 26.1 Å². The lowest BCUT2D eigenvalue weighted by molar-refractivity contribution is 0.102. The van der Waals surface area contributed by atoms with Crippen molar-refractivity contribution in [3.8, 4) is 0 Å². The average Bonchev–Trinajstić information content (AvgIpc) is 2.85. The molecule has 17 heavy (non-hydrogen) atoms. The maximum absolute atomic E-state index is 12.0. The Morgan fingerprint density at radius 3 is 2.76 bits per heavy atom. The fourth-order valence-electron chi connectivity index (χ4n) is 1.37. The van der Waals surface area contributed by atoms with Crippen LogP contribution in [0.4, 0.5) is 5.95 Å². The second kappa shape index (κ2) is 4.25. The van der Waals surface area contributed by atoms with Crippen LogP contribution in [0.3, 0.4) is 0 Å². The molecule has 0 fully saturated rings. The molecule has 7 heteroatoms. The van der Waals surface area contributed by atoms with E-state index in [1.807, 2.05) is 20.8 Å². The molecule has 0 atom stereocenters. The topological polar surface area (TPSA) is 83.6 Å². The number of anilines is 1. The number of amides is 1. The summed E-state index contributed by atoms with van der Waals surface area (Å²) >= 11 is 1.32. The van der Waals surface area contributed by atoms with Crippen LogP contribution in [0.25, 0.3) is 0 Å². The van der Waals surface area contributed by atoms with Gasteiger partial charge in [0.05, 0.1) is 11.2 Å². The molecule has 0 aliphatic rings. The molecule has 90 valence electrons. The normalized spacial score (nSPS) is 11.5. The number of rotatable bonds is 2. The van der Waals surface area contributed by atoms with E-state index in [0.29, 0.717) is 10.8 Å². The first kappa shape index (κ1) is 11.7. The van der Waals surface area contributed by atoms with Crippen LogP contribution in [0.1, 0.15) is 36.1 Å². The number of aromatic amines is 1. The van der Waals surface area contributed by atoms with Gasteiger partial charge in [0.2, 0.25) is 5.95 Å². The van der Waals surface area contributed by atoms with Gasteiger partial charge in [0.1, 0.15) is 11.2 Å². The van der Waals surface area contributed by atoms with Crippen LogP contribution in [-0.2, 0) is 5.41 Å². The van der Waals surface area contributed by atoms with Crippen LogP contribution in [0, 0.1) is 0 Å². The van der Waals surface area contributed by atoms with E-state index in [-0.39, 0.29) is 11.3 Å². The van der Waals surface area contributed by atoms with Crippen molar-refractivity contribution < 1.29 is 4.79 Å². The number of carbonyl (C=O) groups excluding carboxylic acids is 1. The molecule has 0 unspecified atom stereocenters. The number of hydrogen-bond acceptors (Lipinski definition) is 5. The second-order valence-electron chi connectivity index (χ2n) is 4.57. The summed E-state index contributed by atoms with van der Waals surface area (Å²) in [5.41, 5.74) is 2.31. The van der Waals surface area contributed by atoms with E-state index >= 15 is 0 Å². The van der Waals surface area contributed by atoms with Gasteiger partial charge < -0.3 is 0 Å². The molecule has 0 saturated carbocycles. The zero-order chi connectivity index (χ0) is 12.5. The smallest absolute Gasteiger partial charge is 0.270 e. The maximum Gasteiger partial charge on any atom is 0.270 e. The Bertz CT molecular complexity index is 511. The van der Waals surface area contributed by atoms with E-state index in [2.05, 4.69) is 25.5 Å². The Labute approximate surface area is 103 Å². The molecule has 2 N–H and O–H groups in total. The third-order valence-electron chi connectivity index (χ3n) is 2.13. The van der Waals surface area contributed by atoms with Gasteiger partial charge >= 0.3 is 0 Å². The predicted molar refractivity (Wildman–Crippen MR) is 65.1 cm³/mol. The molecule has 6 nitrogen and oxygen atoms in total. The molecule has 1 amide bonds. The highest BCUT2D eigenvalue weighted by Gasteiger charge is 2.25. The van der Waals surface area contributed by atoms with Crippen molar-refractivity contribution in [1.29, 1.82) is 0 Å². The Balaban J connectivity index is 2.23. The summed E-state index contributed by atoms with van der Waals surface area (Å²) in [6.45, 7) is 6.06. The molecule has 0 aliphatic carbocycles. The maximum atomic E-state index is 12.0. The van der Waals surface area contributed by atoms with Crippen LogP contribution in [0.2, 0.25) is 0 Å². The second-order valence-corrected chi connectivity index (χ2v) is 5.42. The first-order chi connectivity index (χ1) is 7.98. The van der Waals surface area contributed by atoms with Gasteiger partial charge in [-0.25, -0.2) is 10.1 Å². The van der Waals surface area contributed by atoms with Crippen molar-refractivity contribution >= 4 is 23.2 Å². The molecule has 2 rings (SSSR count). The summed E-state index contributed by atoms with van der Waals surface area (Å²) in [7, 11) is 0.